The molecule has 2 aromatic rings. The second kappa shape index (κ2) is 6.43. The number of aliphatic hydroxyl groups is 1. The van der Waals surface area contributed by atoms with E-state index in [0.29, 0.717) is 6.61 Å². The van der Waals surface area contributed by atoms with Crippen LogP contribution >= 0.6 is 8.38 Å². The van der Waals surface area contributed by atoms with Gasteiger partial charge in [-0.2, -0.15) is 4.98 Å². The van der Waals surface area contributed by atoms with Crippen LogP contribution in [0.4, 0.5) is 17.5 Å². The molecular formula is C16H18N5O5P. The summed E-state index contributed by atoms with van der Waals surface area (Å²) in [5, 5.41) is 17.9. The predicted octanol–water partition coefficient (Wildman–Crippen LogP) is -0.303. The Bertz CT molecular complexity index is 912. The Morgan fingerprint density at radius 2 is 2.07 bits per heavy atom. The monoisotopic (exact) mass is 391 g/mol. The summed E-state index contributed by atoms with van der Waals surface area (Å²) in [6.07, 6.45) is -2.54. The minimum atomic E-state index is -1.31. The van der Waals surface area contributed by atoms with E-state index in [9.17, 15) is 9.90 Å². The molecule has 0 aliphatic carbocycles. The molecule has 3 aliphatic rings. The van der Waals surface area contributed by atoms with E-state index in [0.717, 1.165) is 5.30 Å². The molecule has 1 aromatic heterocycles. The van der Waals surface area contributed by atoms with Gasteiger partial charge in [-0.05, 0) is 12.1 Å². The number of nitrogens with one attached hydrogen (secondary N) is 3. The highest BCUT2D eigenvalue weighted by molar-refractivity contribution is 7.56. The van der Waals surface area contributed by atoms with Gasteiger partial charge in [0.05, 0.1) is 6.61 Å². The Morgan fingerprint density at radius 1 is 1.26 bits per heavy atom. The Hall–Kier alpha value is -2.23. The number of aliphatic hydroxyl groups excluding tert-OH is 1. The van der Waals surface area contributed by atoms with E-state index in [4.69, 9.17) is 19.5 Å². The van der Waals surface area contributed by atoms with Crippen molar-refractivity contribution in [2.75, 3.05) is 23.0 Å². The number of rotatable bonds is 1. The molecule has 6 atom stereocenters. The molecule has 5 rings (SSSR count). The first-order chi connectivity index (χ1) is 13.1. The summed E-state index contributed by atoms with van der Waals surface area (Å²) >= 11 is 0. The Balaban J connectivity index is 1.41. The van der Waals surface area contributed by atoms with Crippen LogP contribution in [0.15, 0.2) is 35.1 Å². The molecule has 3 unspecified atom stereocenters. The fourth-order valence-corrected chi connectivity index (χ4v) is 5.01. The topological polar surface area (TPSA) is 144 Å². The van der Waals surface area contributed by atoms with Gasteiger partial charge in [0.2, 0.25) is 14.3 Å². The SMILES string of the molecule is Nc1nc2c(c(=O)[nH]1)NC1C(N2)O[C@@H]2COP(c3ccccc3)O[C@@H]2[C@@H]1O. The zero-order chi connectivity index (χ0) is 18.5. The third-order valence-corrected chi connectivity index (χ3v) is 6.33. The Morgan fingerprint density at radius 3 is 2.89 bits per heavy atom. The van der Waals surface area contributed by atoms with Gasteiger partial charge in [0.1, 0.15) is 30.0 Å². The van der Waals surface area contributed by atoms with E-state index < -0.39 is 44.5 Å². The summed E-state index contributed by atoms with van der Waals surface area (Å²) in [5.74, 6) is 0.283. The molecule has 0 bridgehead atoms. The average Bonchev–Trinajstić information content (AvgIpc) is 2.67. The van der Waals surface area contributed by atoms with E-state index in [-0.39, 0.29) is 17.5 Å². The zero-order valence-electron chi connectivity index (χ0n) is 14.0. The average molecular weight is 391 g/mol. The van der Waals surface area contributed by atoms with E-state index in [1.165, 1.54) is 0 Å². The van der Waals surface area contributed by atoms with Crippen molar-refractivity contribution in [1.29, 1.82) is 0 Å². The van der Waals surface area contributed by atoms with Crippen LogP contribution in [0.3, 0.4) is 0 Å². The van der Waals surface area contributed by atoms with Crippen molar-refractivity contribution in [2.45, 2.75) is 30.6 Å². The first kappa shape index (κ1) is 16.9. The van der Waals surface area contributed by atoms with Gasteiger partial charge in [-0.25, -0.2) is 0 Å². The van der Waals surface area contributed by atoms with Gasteiger partial charge in [-0.3, -0.25) is 9.78 Å². The lowest BCUT2D eigenvalue weighted by atomic mass is 9.94. The number of fused-ring (bicyclic) bond motifs is 3. The third kappa shape index (κ3) is 2.86. The number of aromatic nitrogens is 2. The van der Waals surface area contributed by atoms with E-state index >= 15 is 0 Å². The lowest BCUT2D eigenvalue weighted by Crippen LogP contribution is -2.66. The van der Waals surface area contributed by atoms with Crippen molar-refractivity contribution in [3.63, 3.8) is 0 Å². The van der Waals surface area contributed by atoms with E-state index in [1.807, 2.05) is 30.3 Å². The second-order valence-electron chi connectivity index (χ2n) is 6.53. The minimum Gasteiger partial charge on any atom is -0.388 e. The number of nitrogen functional groups attached to an aromatic ring is 1. The van der Waals surface area contributed by atoms with Gasteiger partial charge in [0.15, 0.2) is 12.0 Å². The molecule has 0 saturated carbocycles. The highest BCUT2D eigenvalue weighted by Gasteiger charge is 2.51. The molecule has 0 amide bonds. The molecule has 2 fully saturated rings. The number of nitrogens with zero attached hydrogens (tertiary/aromatic N) is 1. The van der Waals surface area contributed by atoms with Crippen molar-refractivity contribution in [3.8, 4) is 0 Å². The molecule has 0 spiro atoms. The van der Waals surface area contributed by atoms with E-state index in [1.54, 1.807) is 0 Å². The molecule has 3 aliphatic heterocycles. The molecule has 27 heavy (non-hydrogen) atoms. The van der Waals surface area contributed by atoms with Crippen LogP contribution in [0.2, 0.25) is 0 Å². The number of hydrogen-bond donors (Lipinski definition) is 5. The quantitative estimate of drug-likeness (QED) is 0.414. The van der Waals surface area contributed by atoms with Crippen LogP contribution in [0.5, 0.6) is 0 Å². The van der Waals surface area contributed by atoms with Crippen molar-refractivity contribution in [2.24, 2.45) is 0 Å². The maximum absolute atomic E-state index is 12.1. The summed E-state index contributed by atoms with van der Waals surface area (Å²) < 4.78 is 17.9. The van der Waals surface area contributed by atoms with Crippen LogP contribution in [-0.2, 0) is 13.8 Å². The Labute approximate surface area is 155 Å². The molecule has 4 heterocycles. The first-order valence-electron chi connectivity index (χ1n) is 8.51. The molecule has 2 saturated heterocycles. The van der Waals surface area contributed by atoms with Crippen LogP contribution in [0.1, 0.15) is 0 Å². The van der Waals surface area contributed by atoms with Crippen LogP contribution < -0.4 is 27.2 Å². The third-order valence-electron chi connectivity index (χ3n) is 4.79. The first-order valence-corrected chi connectivity index (χ1v) is 9.69. The maximum atomic E-state index is 12.1. The molecule has 1 aromatic carbocycles. The molecule has 0 radical (unpaired) electrons. The van der Waals surface area contributed by atoms with Crippen LogP contribution in [0, 0.1) is 0 Å². The summed E-state index contributed by atoms with van der Waals surface area (Å²) in [4.78, 5) is 18.6. The lowest BCUT2D eigenvalue weighted by molar-refractivity contribution is -0.180. The fourth-order valence-electron chi connectivity index (χ4n) is 3.50. The molecular weight excluding hydrogens is 373 g/mol. The normalized spacial score (nSPS) is 34.4. The van der Waals surface area contributed by atoms with Crippen molar-refractivity contribution < 1.29 is 18.9 Å². The Kier molecular flexibility index (Phi) is 4.03. The molecule has 142 valence electrons. The van der Waals surface area contributed by atoms with Crippen LogP contribution in [-0.4, -0.2) is 52.3 Å². The number of ether oxygens (including phenoxy) is 1. The van der Waals surface area contributed by atoms with E-state index in [2.05, 4.69) is 20.6 Å². The summed E-state index contributed by atoms with van der Waals surface area (Å²) in [6.45, 7) is 0.297. The second-order valence-corrected chi connectivity index (χ2v) is 8.03. The number of nitrogens with two attached hydrogens (primary N) is 1. The van der Waals surface area contributed by atoms with Gasteiger partial charge >= 0.3 is 0 Å². The van der Waals surface area contributed by atoms with Crippen molar-refractivity contribution in [1.82, 2.24) is 9.97 Å². The van der Waals surface area contributed by atoms with Gasteiger partial charge in [-0.1, -0.05) is 18.2 Å². The minimum absolute atomic E-state index is 0.00132. The zero-order valence-corrected chi connectivity index (χ0v) is 14.9. The highest BCUT2D eigenvalue weighted by Crippen LogP contribution is 2.47. The summed E-state index contributed by atoms with van der Waals surface area (Å²) in [7, 11) is -1.31. The van der Waals surface area contributed by atoms with Gasteiger partial charge in [0, 0.05) is 5.30 Å². The standard InChI is InChI=1S/C16H18N5O5P/c17-16-20-13-10(14(23)21-16)18-9-11(22)12-8(25-15(9)19-13)6-24-27(26-12)7-4-2-1-3-5-7/h1-5,8-9,11-12,15,18,22H,6H2,(H4,17,19,20,21,23)/t8-,9?,11-,12+,15?,27?/m1/s1. The summed E-state index contributed by atoms with van der Waals surface area (Å²) in [5.41, 5.74) is 5.38. The lowest BCUT2D eigenvalue weighted by Gasteiger charge is -2.49. The van der Waals surface area contributed by atoms with Crippen molar-refractivity contribution >= 4 is 31.1 Å². The smallest absolute Gasteiger partial charge is 0.277 e. The number of H-pyrrole nitrogens is 1. The number of anilines is 3. The number of hydrogen-bond acceptors (Lipinski definition) is 9. The predicted molar refractivity (Wildman–Crippen MR) is 98.8 cm³/mol. The fraction of sp³-hybridized carbons (Fsp3) is 0.375. The molecule has 11 heteroatoms. The maximum Gasteiger partial charge on any atom is 0.277 e. The van der Waals surface area contributed by atoms with Crippen molar-refractivity contribution in [3.05, 3.63) is 40.7 Å². The number of aromatic amines is 1. The van der Waals surface area contributed by atoms with Crippen LogP contribution in [0.25, 0.3) is 0 Å². The largest absolute Gasteiger partial charge is 0.388 e. The summed E-state index contributed by atoms with van der Waals surface area (Å²) in [6, 6.07) is 9.01. The van der Waals surface area contributed by atoms with Gasteiger partial charge < -0.3 is 35.3 Å². The molecule has 10 nitrogen and oxygen atoms in total. The highest BCUT2D eigenvalue weighted by atomic mass is 31.2. The number of benzene rings is 1. The molecule has 6 N–H and O–H groups in total. The van der Waals surface area contributed by atoms with Gasteiger partial charge in [-0.15, -0.1) is 0 Å². The van der Waals surface area contributed by atoms with Gasteiger partial charge in [0.25, 0.3) is 5.56 Å².